The smallest absolute Gasteiger partial charge is 0.314 e. The van der Waals surface area contributed by atoms with Crippen molar-refractivity contribution in [2.45, 2.75) is 46.5 Å². The molecule has 2 rings (SSSR count). The van der Waals surface area contributed by atoms with Crippen LogP contribution in [-0.2, 0) is 16.0 Å². The second-order valence-electron chi connectivity index (χ2n) is 5.91. The number of hydrogen-bond donors (Lipinski definition) is 3. The van der Waals surface area contributed by atoms with E-state index in [1.807, 2.05) is 6.92 Å². The lowest BCUT2D eigenvalue weighted by Crippen LogP contribution is -2.36. The van der Waals surface area contributed by atoms with Gasteiger partial charge in [0.2, 0.25) is 5.95 Å². The molecular weight excluding hydrogens is 336 g/mol. The lowest BCUT2D eigenvalue weighted by molar-refractivity contribution is -0.136. The fraction of sp³-hybridized carbons (Fsp3) is 0.471. The Balaban J connectivity index is 2.16. The maximum atomic E-state index is 12.1. The van der Waals surface area contributed by atoms with Gasteiger partial charge in [0.05, 0.1) is 5.69 Å². The van der Waals surface area contributed by atoms with Crippen molar-refractivity contribution in [1.82, 2.24) is 25.1 Å². The van der Waals surface area contributed by atoms with Gasteiger partial charge >= 0.3 is 11.8 Å². The van der Waals surface area contributed by atoms with Crippen LogP contribution in [0.5, 0.6) is 0 Å². The third-order valence-corrected chi connectivity index (χ3v) is 3.69. The Morgan fingerprint density at radius 1 is 1.19 bits per heavy atom. The zero-order chi connectivity index (χ0) is 19.1. The summed E-state index contributed by atoms with van der Waals surface area (Å²) in [7, 11) is 0. The van der Waals surface area contributed by atoms with Gasteiger partial charge in [-0.05, 0) is 19.8 Å². The van der Waals surface area contributed by atoms with E-state index in [2.05, 4.69) is 32.6 Å². The second-order valence-corrected chi connectivity index (χ2v) is 5.91. The van der Waals surface area contributed by atoms with Gasteiger partial charge in [0, 0.05) is 24.4 Å². The maximum Gasteiger partial charge on any atom is 0.314 e. The number of amides is 2. The largest absolute Gasteiger partial charge is 0.348 e. The van der Waals surface area contributed by atoms with Crippen LogP contribution in [0.3, 0.4) is 0 Å². The van der Waals surface area contributed by atoms with E-state index in [1.165, 1.54) is 10.7 Å². The summed E-state index contributed by atoms with van der Waals surface area (Å²) in [5, 5.41) is 9.33. The number of carbonyl (C=O) groups excluding carboxylic acids is 2. The highest BCUT2D eigenvalue weighted by Crippen LogP contribution is 2.14. The van der Waals surface area contributed by atoms with Crippen molar-refractivity contribution >= 4 is 17.6 Å². The fourth-order valence-corrected chi connectivity index (χ4v) is 2.36. The van der Waals surface area contributed by atoms with Crippen molar-refractivity contribution in [3.8, 4) is 5.95 Å². The first kappa shape index (κ1) is 19.4. The minimum absolute atomic E-state index is 0.182. The number of aromatic nitrogens is 4. The van der Waals surface area contributed by atoms with Crippen LogP contribution >= 0.6 is 0 Å². The van der Waals surface area contributed by atoms with Gasteiger partial charge in [-0.3, -0.25) is 19.4 Å². The van der Waals surface area contributed by atoms with Gasteiger partial charge in [-0.1, -0.05) is 26.7 Å². The van der Waals surface area contributed by atoms with Gasteiger partial charge in [-0.15, -0.1) is 0 Å². The normalized spacial score (nSPS) is 10.6. The zero-order valence-corrected chi connectivity index (χ0v) is 15.3. The van der Waals surface area contributed by atoms with Crippen LogP contribution in [0.15, 0.2) is 16.9 Å². The van der Waals surface area contributed by atoms with Gasteiger partial charge in [0.1, 0.15) is 5.82 Å². The molecule has 0 radical (unpaired) electrons. The highest BCUT2D eigenvalue weighted by Gasteiger charge is 2.18. The minimum Gasteiger partial charge on any atom is -0.348 e. The number of H-pyrrole nitrogens is 1. The first-order valence-electron chi connectivity index (χ1n) is 8.71. The number of hydrogen-bond acceptors (Lipinski definition) is 5. The highest BCUT2D eigenvalue weighted by molar-refractivity contribution is 6.39. The lowest BCUT2D eigenvalue weighted by atomic mass is 10.2. The molecule has 0 saturated heterocycles. The molecule has 0 aliphatic carbocycles. The monoisotopic (exact) mass is 360 g/mol. The molecule has 0 bridgehead atoms. The standard InChI is InChI=1S/C17H24N6O3/c1-4-6-7-8-18-15(25)16(26)20-13-9-11(3)22-23(13)17-19-12(5-2)10-14(24)21-17/h9-10H,4-8H2,1-3H3,(H,18,25)(H,20,26)(H,19,21,24). The Hall–Kier alpha value is -2.97. The Kier molecular flexibility index (Phi) is 6.65. The summed E-state index contributed by atoms with van der Waals surface area (Å²) in [6.07, 6.45) is 3.42. The molecule has 2 heterocycles. The average molecular weight is 360 g/mol. The molecule has 0 spiro atoms. The summed E-state index contributed by atoms with van der Waals surface area (Å²) in [4.78, 5) is 42.7. The van der Waals surface area contributed by atoms with Gasteiger partial charge in [-0.25, -0.2) is 4.98 Å². The van der Waals surface area contributed by atoms with Crippen LogP contribution in [0.1, 0.15) is 44.5 Å². The number of rotatable bonds is 7. The van der Waals surface area contributed by atoms with Gasteiger partial charge in [-0.2, -0.15) is 9.78 Å². The molecule has 0 fully saturated rings. The number of aryl methyl sites for hydroxylation is 2. The van der Waals surface area contributed by atoms with Gasteiger partial charge in [0.15, 0.2) is 0 Å². The van der Waals surface area contributed by atoms with E-state index in [4.69, 9.17) is 0 Å². The molecule has 140 valence electrons. The summed E-state index contributed by atoms with van der Waals surface area (Å²) < 4.78 is 1.30. The topological polar surface area (TPSA) is 122 Å². The van der Waals surface area contributed by atoms with Crippen LogP contribution in [0, 0.1) is 6.92 Å². The van der Waals surface area contributed by atoms with Crippen LogP contribution in [0.4, 0.5) is 5.82 Å². The van der Waals surface area contributed by atoms with E-state index in [1.54, 1.807) is 13.0 Å². The van der Waals surface area contributed by atoms with Crippen molar-refractivity contribution in [2.75, 3.05) is 11.9 Å². The number of nitrogens with zero attached hydrogens (tertiary/aromatic N) is 3. The first-order valence-corrected chi connectivity index (χ1v) is 8.71. The van der Waals surface area contributed by atoms with E-state index in [0.717, 1.165) is 19.3 Å². The zero-order valence-electron chi connectivity index (χ0n) is 15.3. The van der Waals surface area contributed by atoms with Crippen molar-refractivity contribution in [1.29, 1.82) is 0 Å². The number of aromatic amines is 1. The molecule has 0 aliphatic rings. The molecule has 0 unspecified atom stereocenters. The molecule has 9 nitrogen and oxygen atoms in total. The molecule has 0 aliphatic heterocycles. The first-order chi connectivity index (χ1) is 12.4. The Morgan fingerprint density at radius 2 is 1.96 bits per heavy atom. The third-order valence-electron chi connectivity index (χ3n) is 3.69. The summed E-state index contributed by atoms with van der Waals surface area (Å²) in [5.41, 5.74) is 0.891. The lowest BCUT2D eigenvalue weighted by Gasteiger charge is -2.09. The third kappa shape index (κ3) is 5.01. The van der Waals surface area contributed by atoms with E-state index in [9.17, 15) is 14.4 Å². The quantitative estimate of drug-likeness (QED) is 0.504. The fourth-order valence-electron chi connectivity index (χ4n) is 2.36. The Morgan fingerprint density at radius 3 is 2.65 bits per heavy atom. The predicted molar refractivity (Wildman–Crippen MR) is 97.3 cm³/mol. The van der Waals surface area contributed by atoms with E-state index < -0.39 is 11.8 Å². The van der Waals surface area contributed by atoms with Crippen molar-refractivity contribution in [3.63, 3.8) is 0 Å². The summed E-state index contributed by atoms with van der Waals surface area (Å²) >= 11 is 0. The number of nitrogens with one attached hydrogen (secondary N) is 3. The SMILES string of the molecule is CCCCCNC(=O)C(=O)Nc1cc(C)nn1-c1nc(CC)cc(=O)[nH]1. The predicted octanol–water partition coefficient (Wildman–Crippen LogP) is 1.07. The number of carbonyl (C=O) groups is 2. The maximum absolute atomic E-state index is 12.1. The Labute approximate surface area is 151 Å². The molecule has 2 aromatic heterocycles. The Bertz CT molecular complexity index is 839. The summed E-state index contributed by atoms with van der Waals surface area (Å²) in [6, 6.07) is 3.00. The molecule has 3 N–H and O–H groups in total. The van der Waals surface area contributed by atoms with Crippen molar-refractivity contribution < 1.29 is 9.59 Å². The number of unbranched alkanes of at least 4 members (excludes halogenated alkanes) is 2. The molecular formula is C17H24N6O3. The number of anilines is 1. The van der Waals surface area contributed by atoms with E-state index in [0.29, 0.717) is 24.4 Å². The summed E-state index contributed by atoms with van der Waals surface area (Å²) in [6.45, 7) is 6.12. The van der Waals surface area contributed by atoms with E-state index in [-0.39, 0.29) is 17.3 Å². The highest BCUT2D eigenvalue weighted by atomic mass is 16.2. The molecule has 2 aromatic rings. The van der Waals surface area contributed by atoms with Crippen LogP contribution in [0.25, 0.3) is 5.95 Å². The van der Waals surface area contributed by atoms with Crippen LogP contribution in [-0.4, -0.2) is 38.1 Å². The van der Waals surface area contributed by atoms with Crippen LogP contribution in [0.2, 0.25) is 0 Å². The van der Waals surface area contributed by atoms with Gasteiger partial charge in [0.25, 0.3) is 5.56 Å². The molecule has 26 heavy (non-hydrogen) atoms. The molecule has 2 amide bonds. The average Bonchev–Trinajstić information content (AvgIpc) is 2.98. The van der Waals surface area contributed by atoms with E-state index >= 15 is 0 Å². The van der Waals surface area contributed by atoms with Gasteiger partial charge < -0.3 is 10.6 Å². The van der Waals surface area contributed by atoms with Crippen molar-refractivity contribution in [2.24, 2.45) is 0 Å². The van der Waals surface area contributed by atoms with Crippen LogP contribution < -0.4 is 16.2 Å². The van der Waals surface area contributed by atoms with Crippen molar-refractivity contribution in [3.05, 3.63) is 33.9 Å². The second kappa shape index (κ2) is 8.93. The molecule has 9 heteroatoms. The molecule has 0 aromatic carbocycles. The minimum atomic E-state index is -0.795. The molecule has 0 saturated carbocycles. The molecule has 0 atom stereocenters. The summed E-state index contributed by atoms with van der Waals surface area (Å²) in [5.74, 6) is -1.07.